The number of hydrogen-bond donors (Lipinski definition) is 1. The molecule has 1 fully saturated rings. The van der Waals surface area contributed by atoms with Crippen molar-refractivity contribution in [3.63, 3.8) is 0 Å². The maximum atomic E-state index is 12.6. The highest BCUT2D eigenvalue weighted by Gasteiger charge is 2.36. The van der Waals surface area contributed by atoms with Crippen LogP contribution in [0.2, 0.25) is 0 Å². The van der Waals surface area contributed by atoms with Crippen molar-refractivity contribution >= 4 is 11.7 Å². The Morgan fingerprint density at radius 1 is 1.11 bits per heavy atom. The van der Waals surface area contributed by atoms with Crippen LogP contribution >= 0.6 is 0 Å². The number of fused-ring (bicyclic) bond motifs is 1. The zero-order valence-corrected chi connectivity index (χ0v) is 23.1. The summed E-state index contributed by atoms with van der Waals surface area (Å²) in [5.41, 5.74) is 9.09. The number of nitrogens with zero attached hydrogens (tertiary/aromatic N) is 2. The van der Waals surface area contributed by atoms with E-state index >= 15 is 0 Å². The van der Waals surface area contributed by atoms with E-state index in [9.17, 15) is 9.90 Å². The lowest BCUT2D eigenvalue weighted by atomic mass is 9.81. The lowest BCUT2D eigenvalue weighted by Crippen LogP contribution is -2.39. The number of piperidine rings is 1. The first-order chi connectivity index (χ1) is 16.8. The molecule has 5 nitrogen and oxygen atoms in total. The second kappa shape index (κ2) is 9.66. The molecule has 36 heavy (non-hydrogen) atoms. The maximum absolute atomic E-state index is 12.6. The summed E-state index contributed by atoms with van der Waals surface area (Å²) >= 11 is 0. The van der Waals surface area contributed by atoms with Crippen LogP contribution < -0.4 is 4.90 Å². The summed E-state index contributed by atoms with van der Waals surface area (Å²) in [5.74, 6) is -0.979. The molecule has 1 saturated heterocycles. The van der Waals surface area contributed by atoms with E-state index in [1.807, 2.05) is 34.6 Å². The van der Waals surface area contributed by atoms with E-state index < -0.39 is 17.7 Å². The van der Waals surface area contributed by atoms with Gasteiger partial charge in [0.05, 0.1) is 11.3 Å². The Hall–Kier alpha value is -2.66. The minimum absolute atomic E-state index is 0.274. The molecule has 0 saturated carbocycles. The Bertz CT molecular complexity index is 1180. The van der Waals surface area contributed by atoms with Crippen molar-refractivity contribution in [3.8, 4) is 11.1 Å². The maximum Gasteiger partial charge on any atom is 0.337 e. The van der Waals surface area contributed by atoms with Gasteiger partial charge in [0.25, 0.3) is 0 Å². The van der Waals surface area contributed by atoms with Gasteiger partial charge in [-0.1, -0.05) is 44.2 Å². The Morgan fingerprint density at radius 3 is 2.39 bits per heavy atom. The van der Waals surface area contributed by atoms with Crippen molar-refractivity contribution in [3.05, 3.63) is 58.4 Å². The van der Waals surface area contributed by atoms with Crippen LogP contribution in [0.4, 0.5) is 5.69 Å². The van der Waals surface area contributed by atoms with Gasteiger partial charge in [-0.3, -0.25) is 4.98 Å². The average Bonchev–Trinajstić information content (AvgIpc) is 2.76. The Balaban J connectivity index is 1.95. The quantitative estimate of drug-likeness (QED) is 0.458. The predicted octanol–water partition coefficient (Wildman–Crippen LogP) is 6.98. The van der Waals surface area contributed by atoms with Gasteiger partial charge in [0, 0.05) is 35.6 Å². The molecule has 1 aliphatic heterocycles. The molecule has 4 rings (SSSR count). The monoisotopic (exact) mass is 490 g/mol. The fourth-order valence-electron chi connectivity index (χ4n) is 5.61. The van der Waals surface area contributed by atoms with Gasteiger partial charge in [-0.15, -0.1) is 0 Å². The third-order valence-electron chi connectivity index (χ3n) is 7.65. The van der Waals surface area contributed by atoms with E-state index in [0.29, 0.717) is 5.56 Å². The second-order valence-electron chi connectivity index (χ2n) is 12.4. The number of allylic oxidation sites excluding steroid dienone is 1. The van der Waals surface area contributed by atoms with E-state index in [0.717, 1.165) is 73.4 Å². The van der Waals surface area contributed by atoms with Crippen molar-refractivity contribution in [2.75, 3.05) is 18.0 Å². The number of aliphatic carboxylic acids is 1. The van der Waals surface area contributed by atoms with Crippen LogP contribution in [0.25, 0.3) is 11.1 Å². The molecule has 194 valence electrons. The summed E-state index contributed by atoms with van der Waals surface area (Å²) in [7, 11) is 0. The Labute approximate surface area is 216 Å². The second-order valence-corrected chi connectivity index (χ2v) is 12.4. The number of carbonyl (C=O) groups is 1. The molecule has 0 amide bonds. The number of benzene rings is 1. The van der Waals surface area contributed by atoms with Gasteiger partial charge < -0.3 is 14.7 Å². The number of carboxylic acid groups (broad SMARTS) is 1. The van der Waals surface area contributed by atoms with Crippen molar-refractivity contribution in [2.24, 2.45) is 5.41 Å². The molecule has 0 spiro atoms. The van der Waals surface area contributed by atoms with Gasteiger partial charge in [-0.25, -0.2) is 4.79 Å². The van der Waals surface area contributed by atoms with Gasteiger partial charge in [0.1, 0.15) is 0 Å². The topological polar surface area (TPSA) is 62.7 Å². The number of aromatic nitrogens is 1. The molecule has 2 heterocycles. The third kappa shape index (κ3) is 5.51. The average molecular weight is 491 g/mol. The molecule has 1 atom stereocenters. The van der Waals surface area contributed by atoms with Gasteiger partial charge in [0.2, 0.25) is 0 Å². The molecular formula is C31H42N2O3. The number of pyridine rings is 1. The number of ether oxygens (including phenoxy) is 1. The summed E-state index contributed by atoms with van der Waals surface area (Å²) in [4.78, 5) is 19.9. The van der Waals surface area contributed by atoms with Gasteiger partial charge in [-0.05, 0) is 88.8 Å². The third-order valence-corrected chi connectivity index (χ3v) is 7.65. The van der Waals surface area contributed by atoms with Crippen LogP contribution in [0.1, 0.15) is 88.1 Å². The molecule has 5 heteroatoms. The highest BCUT2D eigenvalue weighted by Crippen LogP contribution is 2.45. The van der Waals surface area contributed by atoms with Crippen LogP contribution in [0.5, 0.6) is 0 Å². The van der Waals surface area contributed by atoms with Crippen LogP contribution in [0, 0.1) is 19.3 Å². The van der Waals surface area contributed by atoms with E-state index in [2.05, 4.69) is 43.5 Å². The first-order valence-electron chi connectivity index (χ1n) is 13.2. The van der Waals surface area contributed by atoms with Crippen LogP contribution in [-0.2, 0) is 22.4 Å². The van der Waals surface area contributed by atoms with E-state index in [-0.39, 0.29) is 5.41 Å². The molecule has 2 aliphatic rings. The van der Waals surface area contributed by atoms with Crippen molar-refractivity contribution in [1.82, 2.24) is 4.98 Å². The zero-order valence-electron chi connectivity index (χ0n) is 23.1. The molecule has 1 aromatic carbocycles. The molecule has 1 aromatic heterocycles. The summed E-state index contributed by atoms with van der Waals surface area (Å²) < 4.78 is 6.20. The zero-order chi connectivity index (χ0) is 26.4. The summed E-state index contributed by atoms with van der Waals surface area (Å²) in [5, 5.41) is 10.4. The van der Waals surface area contributed by atoms with Crippen LogP contribution in [-0.4, -0.2) is 34.8 Å². The summed E-state index contributed by atoms with van der Waals surface area (Å²) in [6.45, 7) is 20.3. The van der Waals surface area contributed by atoms with Gasteiger partial charge in [-0.2, -0.15) is 0 Å². The fourth-order valence-corrected chi connectivity index (χ4v) is 5.61. The number of carboxylic acids is 1. The highest BCUT2D eigenvalue weighted by atomic mass is 16.5. The lowest BCUT2D eigenvalue weighted by molar-refractivity contribution is -0.160. The van der Waals surface area contributed by atoms with E-state index in [1.54, 1.807) is 0 Å². The molecule has 1 N–H and O–H groups in total. The van der Waals surface area contributed by atoms with Gasteiger partial charge >= 0.3 is 5.97 Å². The minimum Gasteiger partial charge on any atom is -0.479 e. The molecule has 1 aliphatic carbocycles. The minimum atomic E-state index is -1.09. The van der Waals surface area contributed by atoms with Crippen molar-refractivity contribution in [1.29, 1.82) is 0 Å². The normalized spacial score (nSPS) is 18.6. The van der Waals surface area contributed by atoms with Crippen molar-refractivity contribution in [2.45, 2.75) is 92.3 Å². The van der Waals surface area contributed by atoms with E-state index in [1.165, 1.54) is 16.7 Å². The lowest BCUT2D eigenvalue weighted by Gasteiger charge is -2.41. The fraction of sp³-hybridized carbons (Fsp3) is 0.548. The molecule has 2 aromatic rings. The standard InChI is InChI=1S/C31H42N2O3/c1-19-9-10-23-18-24(12-11-22(23)17-19)25-20(2)32-21(3)26(28(29(34)35)36-30(4,5)6)27(25)33-15-13-31(7,8)14-16-33/h11-12,18,28H,1,9-10,13-17H2,2-8H3,(H,34,35)/t28-/m0/s1. The number of aryl methyl sites for hydroxylation is 3. The molecule has 0 radical (unpaired) electrons. The van der Waals surface area contributed by atoms with Crippen LogP contribution in [0.15, 0.2) is 30.4 Å². The van der Waals surface area contributed by atoms with Crippen molar-refractivity contribution < 1.29 is 14.6 Å². The predicted molar refractivity (Wildman–Crippen MR) is 147 cm³/mol. The Morgan fingerprint density at radius 2 is 1.78 bits per heavy atom. The summed E-state index contributed by atoms with van der Waals surface area (Å²) in [6.07, 6.45) is 3.95. The first kappa shape index (κ1) is 26.4. The highest BCUT2D eigenvalue weighted by molar-refractivity contribution is 5.88. The smallest absolute Gasteiger partial charge is 0.337 e. The van der Waals surface area contributed by atoms with E-state index in [4.69, 9.17) is 9.72 Å². The Kier molecular flexibility index (Phi) is 7.09. The number of anilines is 1. The SMILES string of the molecule is C=C1CCc2cc(-c3c(C)nc(C)c([C@H](OC(C)(C)C)C(=O)O)c3N3CCC(C)(C)CC3)ccc2C1. The summed E-state index contributed by atoms with van der Waals surface area (Å²) in [6, 6.07) is 6.69. The molecular weight excluding hydrogens is 448 g/mol. The number of rotatable bonds is 5. The van der Waals surface area contributed by atoms with Gasteiger partial charge in [0.15, 0.2) is 6.10 Å². The molecule has 0 bridgehead atoms. The first-order valence-corrected chi connectivity index (χ1v) is 13.2. The molecule has 0 unspecified atom stereocenters. The largest absolute Gasteiger partial charge is 0.479 e. The number of hydrogen-bond acceptors (Lipinski definition) is 4. The van der Waals surface area contributed by atoms with Crippen LogP contribution in [0.3, 0.4) is 0 Å².